The zero-order valence-corrected chi connectivity index (χ0v) is 22.5. The number of aromatic amines is 1. The Morgan fingerprint density at radius 2 is 1.37 bits per heavy atom. The van der Waals surface area contributed by atoms with Crippen LogP contribution in [0, 0.1) is 0 Å². The number of carbonyl (C=O) groups excluding carboxylic acids is 3. The topological polar surface area (TPSA) is 150 Å². The van der Waals surface area contributed by atoms with E-state index in [0.29, 0.717) is 0 Å². The lowest BCUT2D eigenvalue weighted by molar-refractivity contribution is -0.142. The first kappa shape index (κ1) is 28.9. The van der Waals surface area contributed by atoms with Crippen LogP contribution in [0.3, 0.4) is 0 Å². The average Bonchev–Trinajstić information content (AvgIpc) is 3.39. The molecule has 4 rings (SSSR count). The van der Waals surface area contributed by atoms with Crippen LogP contribution in [0.15, 0.2) is 91.1 Å². The summed E-state index contributed by atoms with van der Waals surface area (Å²) in [6.45, 7) is 1.50. The Bertz CT molecular complexity index is 1490. The predicted molar refractivity (Wildman–Crippen MR) is 153 cm³/mol. The molecule has 0 spiro atoms. The maximum Gasteiger partial charge on any atom is 0.408 e. The van der Waals surface area contributed by atoms with E-state index in [4.69, 9.17) is 4.74 Å². The molecular formula is C31H32N4O6. The van der Waals surface area contributed by atoms with Crippen molar-refractivity contribution in [3.63, 3.8) is 0 Å². The van der Waals surface area contributed by atoms with Gasteiger partial charge in [-0.3, -0.25) is 9.59 Å². The second-order valence-electron chi connectivity index (χ2n) is 9.64. The first-order valence-electron chi connectivity index (χ1n) is 13.2. The summed E-state index contributed by atoms with van der Waals surface area (Å²) in [6, 6.07) is 22.2. The van der Waals surface area contributed by atoms with Gasteiger partial charge >= 0.3 is 12.1 Å². The van der Waals surface area contributed by atoms with Crippen LogP contribution in [0.5, 0.6) is 0 Å². The lowest BCUT2D eigenvalue weighted by atomic mass is 10.0. The Labute approximate surface area is 237 Å². The molecule has 0 fully saturated rings. The summed E-state index contributed by atoms with van der Waals surface area (Å²) >= 11 is 0. The van der Waals surface area contributed by atoms with Gasteiger partial charge in [0.2, 0.25) is 11.8 Å². The number of hydrogen-bond donors (Lipinski definition) is 5. The molecule has 3 aromatic carbocycles. The number of nitrogens with one attached hydrogen (secondary N) is 4. The maximum absolute atomic E-state index is 13.4. The van der Waals surface area contributed by atoms with Crippen molar-refractivity contribution in [2.24, 2.45) is 0 Å². The highest BCUT2D eigenvalue weighted by Crippen LogP contribution is 2.19. The number of carbonyl (C=O) groups is 4. The molecule has 0 radical (unpaired) electrons. The molecule has 5 N–H and O–H groups in total. The molecular weight excluding hydrogens is 524 g/mol. The summed E-state index contributed by atoms with van der Waals surface area (Å²) < 4.78 is 5.18. The van der Waals surface area contributed by atoms with Gasteiger partial charge in [0.05, 0.1) is 0 Å². The van der Waals surface area contributed by atoms with E-state index in [1.165, 1.54) is 6.92 Å². The van der Waals surface area contributed by atoms with E-state index in [9.17, 15) is 24.3 Å². The van der Waals surface area contributed by atoms with Crippen LogP contribution in [0.1, 0.15) is 23.6 Å². The molecule has 41 heavy (non-hydrogen) atoms. The van der Waals surface area contributed by atoms with E-state index in [2.05, 4.69) is 20.9 Å². The van der Waals surface area contributed by atoms with E-state index in [-0.39, 0.29) is 19.4 Å². The average molecular weight is 557 g/mol. The van der Waals surface area contributed by atoms with E-state index in [1.807, 2.05) is 48.5 Å². The third-order valence-electron chi connectivity index (χ3n) is 6.57. The van der Waals surface area contributed by atoms with Crippen molar-refractivity contribution in [2.45, 2.75) is 44.5 Å². The van der Waals surface area contributed by atoms with Gasteiger partial charge in [-0.1, -0.05) is 78.9 Å². The van der Waals surface area contributed by atoms with Crippen LogP contribution >= 0.6 is 0 Å². The standard InChI is InChI=1S/C31H32N4O6/c1-20(33-31(40)41-19-22-12-6-3-7-13-22)28(36)34-26(16-21-10-4-2-5-11-21)29(37)35-27(30(38)39)17-23-18-32-25-15-9-8-14-24(23)25/h2-15,18,20,26-27,32H,16-17,19H2,1H3,(H,33,40)(H,34,36)(H,35,37)(H,38,39). The second kappa shape index (κ2) is 13.8. The maximum atomic E-state index is 13.4. The molecule has 0 aliphatic heterocycles. The number of benzene rings is 3. The fraction of sp³-hybridized carbons (Fsp3) is 0.226. The van der Waals surface area contributed by atoms with Gasteiger partial charge in [-0.2, -0.15) is 0 Å². The van der Waals surface area contributed by atoms with Crippen LogP contribution in [0.2, 0.25) is 0 Å². The molecule has 0 bridgehead atoms. The molecule has 0 saturated heterocycles. The molecule has 3 atom stereocenters. The smallest absolute Gasteiger partial charge is 0.408 e. The summed E-state index contributed by atoms with van der Waals surface area (Å²) in [5.41, 5.74) is 3.15. The first-order chi connectivity index (χ1) is 19.8. The number of carboxylic acids is 1. The molecule has 10 heteroatoms. The Morgan fingerprint density at radius 1 is 0.756 bits per heavy atom. The van der Waals surface area contributed by atoms with Crippen molar-refractivity contribution >= 4 is 34.8 Å². The fourth-order valence-corrected chi connectivity index (χ4v) is 4.36. The minimum absolute atomic E-state index is 0.0348. The van der Waals surface area contributed by atoms with Gasteiger partial charge in [0.25, 0.3) is 0 Å². The van der Waals surface area contributed by atoms with Crippen molar-refractivity contribution in [3.8, 4) is 0 Å². The van der Waals surface area contributed by atoms with Crippen molar-refractivity contribution in [1.82, 2.24) is 20.9 Å². The molecule has 4 aromatic rings. The summed E-state index contributed by atoms with van der Waals surface area (Å²) in [5.74, 6) is -2.49. The third-order valence-corrected chi connectivity index (χ3v) is 6.57. The molecule has 10 nitrogen and oxygen atoms in total. The zero-order chi connectivity index (χ0) is 29.2. The number of aromatic nitrogens is 1. The van der Waals surface area contributed by atoms with Gasteiger partial charge < -0.3 is 30.8 Å². The molecule has 0 aliphatic carbocycles. The number of amides is 3. The molecule has 1 aromatic heterocycles. The summed E-state index contributed by atoms with van der Waals surface area (Å²) in [7, 11) is 0. The van der Waals surface area contributed by atoms with Crippen LogP contribution in [0.25, 0.3) is 10.9 Å². The van der Waals surface area contributed by atoms with Crippen molar-refractivity contribution in [2.75, 3.05) is 0 Å². The van der Waals surface area contributed by atoms with Crippen molar-refractivity contribution < 1.29 is 29.0 Å². The van der Waals surface area contributed by atoms with E-state index >= 15 is 0 Å². The molecule has 1 heterocycles. The highest BCUT2D eigenvalue weighted by Gasteiger charge is 2.29. The first-order valence-corrected chi connectivity index (χ1v) is 13.2. The van der Waals surface area contributed by atoms with Gasteiger partial charge in [0.1, 0.15) is 24.7 Å². The van der Waals surface area contributed by atoms with Crippen LogP contribution in [-0.4, -0.2) is 52.1 Å². The Morgan fingerprint density at radius 3 is 2.05 bits per heavy atom. The number of para-hydroxylation sites is 1. The van der Waals surface area contributed by atoms with Crippen LogP contribution in [-0.2, 0) is 38.6 Å². The molecule has 0 aliphatic rings. The largest absolute Gasteiger partial charge is 0.480 e. The van der Waals surface area contributed by atoms with Crippen molar-refractivity contribution in [3.05, 3.63) is 108 Å². The monoisotopic (exact) mass is 556 g/mol. The van der Waals surface area contributed by atoms with E-state index < -0.39 is 42.0 Å². The lowest BCUT2D eigenvalue weighted by Crippen LogP contribution is -2.56. The Balaban J connectivity index is 1.42. The number of alkyl carbamates (subject to hydrolysis) is 1. The Kier molecular flexibility index (Phi) is 9.71. The van der Waals surface area contributed by atoms with E-state index in [0.717, 1.165) is 27.6 Å². The quantitative estimate of drug-likeness (QED) is 0.181. The number of carboxylic acid groups (broad SMARTS) is 1. The minimum atomic E-state index is -1.24. The molecule has 0 saturated carbocycles. The molecule has 3 unspecified atom stereocenters. The minimum Gasteiger partial charge on any atom is -0.480 e. The third kappa shape index (κ3) is 8.18. The van der Waals surface area contributed by atoms with E-state index in [1.54, 1.807) is 42.6 Å². The number of H-pyrrole nitrogens is 1. The van der Waals surface area contributed by atoms with Crippen LogP contribution in [0.4, 0.5) is 4.79 Å². The van der Waals surface area contributed by atoms with Gasteiger partial charge in [0, 0.05) is 29.9 Å². The van der Waals surface area contributed by atoms with Gasteiger partial charge in [0.15, 0.2) is 0 Å². The van der Waals surface area contributed by atoms with Crippen LogP contribution < -0.4 is 16.0 Å². The number of hydrogen-bond acceptors (Lipinski definition) is 5. The molecule has 3 amide bonds. The predicted octanol–water partition coefficient (Wildman–Crippen LogP) is 3.32. The Hall–Kier alpha value is -5.12. The lowest BCUT2D eigenvalue weighted by Gasteiger charge is -2.23. The van der Waals surface area contributed by atoms with Gasteiger partial charge in [-0.15, -0.1) is 0 Å². The summed E-state index contributed by atoms with van der Waals surface area (Å²) in [6.07, 6.45) is 1.09. The molecule has 212 valence electrons. The summed E-state index contributed by atoms with van der Waals surface area (Å²) in [4.78, 5) is 53.9. The highest BCUT2D eigenvalue weighted by molar-refractivity contribution is 5.93. The number of fused-ring (bicyclic) bond motifs is 1. The number of rotatable bonds is 12. The summed E-state index contributed by atoms with van der Waals surface area (Å²) in [5, 5.41) is 18.5. The van der Waals surface area contributed by atoms with Gasteiger partial charge in [-0.05, 0) is 29.7 Å². The highest BCUT2D eigenvalue weighted by atomic mass is 16.5. The number of aliphatic carboxylic acids is 1. The van der Waals surface area contributed by atoms with Crippen molar-refractivity contribution in [1.29, 1.82) is 0 Å². The number of ether oxygens (including phenoxy) is 1. The fourth-order valence-electron chi connectivity index (χ4n) is 4.36. The zero-order valence-electron chi connectivity index (χ0n) is 22.5. The second-order valence-corrected chi connectivity index (χ2v) is 9.64. The van der Waals surface area contributed by atoms with Gasteiger partial charge in [-0.25, -0.2) is 9.59 Å². The SMILES string of the molecule is CC(NC(=O)OCc1ccccc1)C(=O)NC(Cc1ccccc1)C(=O)NC(Cc1c[nH]c2ccccc12)C(=O)O. The normalized spacial score (nSPS) is 13.0.